The van der Waals surface area contributed by atoms with E-state index in [1.165, 1.54) is 13.1 Å². The molecule has 2 rings (SSSR count). The van der Waals surface area contributed by atoms with E-state index in [1.54, 1.807) is 0 Å². The van der Waals surface area contributed by atoms with E-state index in [0.717, 1.165) is 4.68 Å². The van der Waals surface area contributed by atoms with Crippen LogP contribution in [0.4, 0.5) is 0 Å². The first kappa shape index (κ1) is 20.9. The Morgan fingerprint density at radius 2 is 2.04 bits per heavy atom. The summed E-state index contributed by atoms with van der Waals surface area (Å²) < 4.78 is 17.4. The predicted molar refractivity (Wildman–Crippen MR) is 83.4 cm³/mol. The molecular formula is C13H24N3O7P. The van der Waals surface area contributed by atoms with Crippen LogP contribution in [-0.4, -0.2) is 65.4 Å². The first-order valence-corrected chi connectivity index (χ1v) is 9.46. The molecule has 1 saturated heterocycles. The number of aliphatic hydroxyl groups excluding tert-OH is 2. The summed E-state index contributed by atoms with van der Waals surface area (Å²) in [7, 11) is -4.17. The topological polar surface area (TPSA) is 155 Å². The van der Waals surface area contributed by atoms with Crippen LogP contribution in [0, 0.1) is 0 Å². The molecule has 1 aliphatic heterocycles. The molecule has 1 aliphatic rings. The van der Waals surface area contributed by atoms with E-state index >= 15 is 0 Å². The lowest BCUT2D eigenvalue weighted by Crippen LogP contribution is -2.43. The molecule has 11 heteroatoms. The zero-order valence-corrected chi connectivity index (χ0v) is 14.7. The predicted octanol–water partition coefficient (Wildman–Crippen LogP) is 0.0840. The van der Waals surface area contributed by atoms with E-state index in [9.17, 15) is 19.6 Å². The average Bonchev–Trinajstić information content (AvgIpc) is 2.99. The molecule has 24 heavy (non-hydrogen) atoms. The Bertz CT molecular complexity index is 588. The van der Waals surface area contributed by atoms with Gasteiger partial charge in [0.2, 0.25) is 5.91 Å². The van der Waals surface area contributed by atoms with Crippen LogP contribution in [-0.2, 0) is 9.30 Å². The molecule has 2 heterocycles. The molecule has 0 spiro atoms. The Hall–Kier alpha value is -1.16. The zero-order valence-electron chi connectivity index (χ0n) is 13.8. The second kappa shape index (κ2) is 8.80. The van der Waals surface area contributed by atoms with Gasteiger partial charge in [-0.2, -0.15) is 4.68 Å². The van der Waals surface area contributed by atoms with Crippen LogP contribution in [0.25, 0.3) is 0 Å². The quantitative estimate of drug-likeness (QED) is 0.543. The molecule has 0 aliphatic carbocycles. The number of carbonyl (C=O) groups is 1. The Morgan fingerprint density at radius 3 is 2.54 bits per heavy atom. The number of aromatic nitrogens is 3. The fourth-order valence-electron chi connectivity index (χ4n) is 2.26. The van der Waals surface area contributed by atoms with Crippen LogP contribution in [0.5, 0.6) is 0 Å². The molecule has 1 aromatic rings. The molecule has 4 N–H and O–H groups in total. The lowest BCUT2D eigenvalue weighted by Gasteiger charge is -2.36. The number of hydrogen-bond acceptors (Lipinski definition) is 7. The Labute approximate surface area is 139 Å². The van der Waals surface area contributed by atoms with E-state index in [0.29, 0.717) is 0 Å². The third-order valence-corrected chi connectivity index (χ3v) is 4.26. The molecule has 138 valence electrons. The van der Waals surface area contributed by atoms with Gasteiger partial charge in [0.05, 0.1) is 24.6 Å². The summed E-state index contributed by atoms with van der Waals surface area (Å²) in [4.78, 5) is 29.0. The van der Waals surface area contributed by atoms with Gasteiger partial charge in [0.15, 0.2) is 0 Å². The van der Waals surface area contributed by atoms with Gasteiger partial charge in [-0.1, -0.05) is 19.1 Å². The van der Waals surface area contributed by atoms with E-state index in [-0.39, 0.29) is 30.6 Å². The van der Waals surface area contributed by atoms with Gasteiger partial charge in [-0.05, 0) is 6.42 Å². The molecule has 0 bridgehead atoms. The van der Waals surface area contributed by atoms with Crippen molar-refractivity contribution in [3.05, 3.63) is 11.9 Å². The van der Waals surface area contributed by atoms with Gasteiger partial charge in [0.1, 0.15) is 17.9 Å². The van der Waals surface area contributed by atoms with Gasteiger partial charge in [-0.3, -0.25) is 9.36 Å². The van der Waals surface area contributed by atoms with Crippen LogP contribution in [0.3, 0.4) is 0 Å². The van der Waals surface area contributed by atoms with Crippen LogP contribution in [0.2, 0.25) is 0 Å². The Morgan fingerprint density at radius 1 is 1.42 bits per heavy atom. The minimum Gasteiger partial charge on any atom is -0.390 e. The molecule has 4 atom stereocenters. The highest BCUT2D eigenvalue weighted by atomic mass is 31.2. The molecule has 4 unspecified atom stereocenters. The third-order valence-electron chi connectivity index (χ3n) is 3.42. The lowest BCUT2D eigenvalue weighted by atomic mass is 9.95. The molecule has 0 saturated carbocycles. The smallest absolute Gasteiger partial charge is 0.325 e. The van der Waals surface area contributed by atoms with Crippen LogP contribution in [0.15, 0.2) is 6.20 Å². The zero-order chi connectivity index (χ0) is 18.5. The maximum atomic E-state index is 11.2. The lowest BCUT2D eigenvalue weighted by molar-refractivity contribution is -0.172. The summed E-state index contributed by atoms with van der Waals surface area (Å²) in [6.07, 6.45) is -3.05. The van der Waals surface area contributed by atoms with Gasteiger partial charge in [-0.25, -0.2) is 0 Å². The number of hydrogen-bond donors (Lipinski definition) is 4. The molecular weight excluding hydrogens is 341 g/mol. The van der Waals surface area contributed by atoms with Gasteiger partial charge in [-0.15, -0.1) is 5.10 Å². The third kappa shape index (κ3) is 5.73. The Balaban J connectivity index is 0.00000139. The number of rotatable bonds is 4. The van der Waals surface area contributed by atoms with Gasteiger partial charge >= 0.3 is 7.60 Å². The second-order valence-corrected chi connectivity index (χ2v) is 7.03. The van der Waals surface area contributed by atoms with E-state index < -0.39 is 32.0 Å². The van der Waals surface area contributed by atoms with Gasteiger partial charge in [0, 0.05) is 13.3 Å². The van der Waals surface area contributed by atoms with Crippen molar-refractivity contribution in [3.8, 4) is 0 Å². The second-order valence-electron chi connectivity index (χ2n) is 5.26. The van der Waals surface area contributed by atoms with Crippen molar-refractivity contribution in [1.82, 2.24) is 15.0 Å². The highest BCUT2D eigenvalue weighted by Gasteiger charge is 2.39. The van der Waals surface area contributed by atoms with Crippen molar-refractivity contribution in [2.75, 3.05) is 6.16 Å². The molecule has 1 fully saturated rings. The van der Waals surface area contributed by atoms with E-state index in [4.69, 9.17) is 14.5 Å². The summed E-state index contributed by atoms with van der Waals surface area (Å²) in [6.45, 7) is 5.29. The van der Waals surface area contributed by atoms with Crippen LogP contribution < -0.4 is 0 Å². The average molecular weight is 365 g/mol. The Kier molecular flexibility index (Phi) is 7.65. The van der Waals surface area contributed by atoms with Gasteiger partial charge < -0.3 is 24.7 Å². The van der Waals surface area contributed by atoms with Crippen LogP contribution in [0.1, 0.15) is 50.2 Å². The van der Waals surface area contributed by atoms with Crippen molar-refractivity contribution in [3.63, 3.8) is 0 Å². The maximum absolute atomic E-state index is 11.2. The minimum absolute atomic E-state index is 0.0331. The number of ether oxygens (including phenoxy) is 1. The fourth-order valence-corrected chi connectivity index (χ4v) is 2.88. The van der Waals surface area contributed by atoms with Crippen molar-refractivity contribution >= 4 is 13.5 Å². The summed E-state index contributed by atoms with van der Waals surface area (Å²) in [6, 6.07) is 0. The summed E-state index contributed by atoms with van der Waals surface area (Å²) in [5.41, 5.74) is 0.169. The fraction of sp³-hybridized carbons (Fsp3) is 0.769. The summed E-state index contributed by atoms with van der Waals surface area (Å²) in [5, 5.41) is 27.2. The van der Waals surface area contributed by atoms with Gasteiger partial charge in [0.25, 0.3) is 0 Å². The monoisotopic (exact) mass is 365 g/mol. The molecule has 0 aromatic carbocycles. The first-order chi connectivity index (χ1) is 11.2. The first-order valence-electron chi connectivity index (χ1n) is 7.66. The standard InChI is InChI=1S/C11H18N3O7P.C2H6/c1-6(15)14-5-8(12-13-14)11-10(17)9(16)4-7(21-11)2-3-22(18,19)20;1-2/h5,7,9-11,16-17H,2-4H2,1H3,(H2,18,19,20);1-2H3. The highest BCUT2D eigenvalue weighted by Crippen LogP contribution is 2.38. The van der Waals surface area contributed by atoms with Crippen molar-refractivity contribution in [1.29, 1.82) is 0 Å². The molecule has 10 nitrogen and oxygen atoms in total. The largest absolute Gasteiger partial charge is 0.390 e. The highest BCUT2D eigenvalue weighted by molar-refractivity contribution is 7.51. The SMILES string of the molecule is CC.CC(=O)n1cc(C2OC(CCP(=O)(O)O)CC(O)C2O)nn1. The van der Waals surface area contributed by atoms with E-state index in [1.807, 2.05) is 13.8 Å². The minimum atomic E-state index is -4.17. The van der Waals surface area contributed by atoms with Crippen molar-refractivity contribution in [2.45, 2.75) is 58.0 Å². The molecule has 0 amide bonds. The molecule has 0 radical (unpaired) electrons. The number of nitrogens with zero attached hydrogens (tertiary/aromatic N) is 3. The summed E-state index contributed by atoms with van der Waals surface area (Å²) >= 11 is 0. The summed E-state index contributed by atoms with van der Waals surface area (Å²) in [5.74, 6) is -0.373. The van der Waals surface area contributed by atoms with E-state index in [2.05, 4.69) is 10.3 Å². The maximum Gasteiger partial charge on any atom is 0.325 e. The normalized spacial score (nSPS) is 27.3. The molecule has 1 aromatic heterocycles. The number of carbonyl (C=O) groups excluding carboxylic acids is 1. The van der Waals surface area contributed by atoms with Crippen molar-refractivity contribution in [2.24, 2.45) is 0 Å². The number of aliphatic hydroxyl groups is 2. The van der Waals surface area contributed by atoms with Crippen LogP contribution >= 0.6 is 7.60 Å². The van der Waals surface area contributed by atoms with Crippen molar-refractivity contribution < 1.29 is 34.1 Å².